The summed E-state index contributed by atoms with van der Waals surface area (Å²) in [4.78, 5) is 4.92. The third kappa shape index (κ3) is 3.57. The summed E-state index contributed by atoms with van der Waals surface area (Å²) < 4.78 is 2.12. The van der Waals surface area contributed by atoms with E-state index in [0.717, 1.165) is 43.2 Å². The van der Waals surface area contributed by atoms with Crippen LogP contribution in [0.2, 0.25) is 0 Å². The molecule has 0 bridgehead atoms. The Morgan fingerprint density at radius 1 is 0.867 bits per heavy atom. The molecule has 0 fully saturated rings. The molecule has 3 aromatic carbocycles. The number of benzene rings is 3. The highest BCUT2D eigenvalue weighted by molar-refractivity contribution is 9.10. The molecule has 1 atom stereocenters. The zero-order valence-electron chi connectivity index (χ0n) is 16.4. The van der Waals surface area contributed by atoms with Crippen molar-refractivity contribution in [2.24, 2.45) is 5.10 Å². The van der Waals surface area contributed by atoms with Gasteiger partial charge in [0.2, 0.25) is 0 Å². The van der Waals surface area contributed by atoms with Gasteiger partial charge in [0, 0.05) is 37.6 Å². The lowest BCUT2D eigenvalue weighted by atomic mass is 9.89. The number of fused-ring (bicyclic) bond motifs is 1. The molecule has 0 saturated carbocycles. The molecule has 0 unspecified atom stereocenters. The van der Waals surface area contributed by atoms with Gasteiger partial charge in [0.15, 0.2) is 0 Å². The van der Waals surface area contributed by atoms with Gasteiger partial charge >= 0.3 is 0 Å². The van der Waals surface area contributed by atoms with Gasteiger partial charge in [-0.25, -0.2) is 0 Å². The van der Waals surface area contributed by atoms with Crippen LogP contribution in [0.5, 0.6) is 0 Å². The lowest BCUT2D eigenvalue weighted by Gasteiger charge is -2.16. The highest BCUT2D eigenvalue weighted by Crippen LogP contribution is 2.37. The third-order valence-corrected chi connectivity index (χ3v) is 6.53. The Kier molecular flexibility index (Phi) is 5.17. The molecule has 148 valence electrons. The van der Waals surface area contributed by atoms with E-state index in [4.69, 9.17) is 10.1 Å². The van der Waals surface area contributed by atoms with E-state index in [1.54, 1.807) is 0 Å². The number of hydrazone groups is 1. The molecule has 0 amide bonds. The van der Waals surface area contributed by atoms with Crippen LogP contribution >= 0.6 is 31.9 Å². The van der Waals surface area contributed by atoms with Crippen LogP contribution in [0.4, 0.5) is 0 Å². The molecular formula is C25H19Br2N3. The minimum Gasteiger partial charge on any atom is -0.302 e. The first-order chi connectivity index (χ1) is 14.6. The van der Waals surface area contributed by atoms with Crippen molar-refractivity contribution in [1.29, 1.82) is 0 Å². The smallest absolute Gasteiger partial charge is 0.0745 e. The monoisotopic (exact) mass is 519 g/mol. The fraction of sp³-hybridized carbons (Fsp3) is 0.120. The first-order valence-corrected chi connectivity index (χ1v) is 11.4. The predicted octanol–water partition coefficient (Wildman–Crippen LogP) is 7.17. The SMILES string of the molecule is Cc1nc2ccc(Br)cc2c(-c2ccccc2)c1C1=NN[C@H](c2ccc(Br)cc2)C1. The van der Waals surface area contributed by atoms with Crippen molar-refractivity contribution in [1.82, 2.24) is 10.4 Å². The maximum absolute atomic E-state index is 4.92. The highest BCUT2D eigenvalue weighted by Gasteiger charge is 2.26. The largest absolute Gasteiger partial charge is 0.302 e. The van der Waals surface area contributed by atoms with Crippen molar-refractivity contribution >= 4 is 48.5 Å². The van der Waals surface area contributed by atoms with Gasteiger partial charge < -0.3 is 5.43 Å². The van der Waals surface area contributed by atoms with Crippen LogP contribution in [0.1, 0.15) is 29.3 Å². The molecule has 5 heteroatoms. The van der Waals surface area contributed by atoms with Crippen molar-refractivity contribution in [3.8, 4) is 11.1 Å². The Bertz CT molecular complexity index is 1270. The highest BCUT2D eigenvalue weighted by atomic mass is 79.9. The predicted molar refractivity (Wildman–Crippen MR) is 131 cm³/mol. The van der Waals surface area contributed by atoms with Gasteiger partial charge in [-0.05, 0) is 48.4 Å². The van der Waals surface area contributed by atoms with E-state index in [1.807, 2.05) is 12.1 Å². The summed E-state index contributed by atoms with van der Waals surface area (Å²) in [7, 11) is 0. The Hall–Kier alpha value is -2.50. The number of aryl methyl sites for hydroxylation is 1. The van der Waals surface area contributed by atoms with Gasteiger partial charge in [0.25, 0.3) is 0 Å². The van der Waals surface area contributed by atoms with Gasteiger partial charge in [-0.1, -0.05) is 74.3 Å². The molecule has 30 heavy (non-hydrogen) atoms. The average Bonchev–Trinajstić information content (AvgIpc) is 3.24. The molecule has 0 radical (unpaired) electrons. The zero-order valence-corrected chi connectivity index (χ0v) is 19.5. The second-order valence-electron chi connectivity index (χ2n) is 7.47. The summed E-state index contributed by atoms with van der Waals surface area (Å²) in [5.74, 6) is 0. The van der Waals surface area contributed by atoms with Gasteiger partial charge in [0.1, 0.15) is 0 Å². The molecule has 5 rings (SSSR count). The summed E-state index contributed by atoms with van der Waals surface area (Å²) >= 11 is 7.15. The van der Waals surface area contributed by atoms with E-state index in [9.17, 15) is 0 Å². The minimum absolute atomic E-state index is 0.161. The van der Waals surface area contributed by atoms with Crippen LogP contribution in [0.25, 0.3) is 22.0 Å². The second-order valence-corrected chi connectivity index (χ2v) is 9.30. The van der Waals surface area contributed by atoms with Crippen molar-refractivity contribution in [3.63, 3.8) is 0 Å². The Morgan fingerprint density at radius 2 is 1.60 bits per heavy atom. The first-order valence-electron chi connectivity index (χ1n) is 9.83. The van der Waals surface area contributed by atoms with E-state index in [2.05, 4.69) is 105 Å². The first kappa shape index (κ1) is 19.5. The minimum atomic E-state index is 0.161. The van der Waals surface area contributed by atoms with Crippen LogP contribution in [0.3, 0.4) is 0 Å². The molecule has 0 aliphatic carbocycles. The summed E-state index contributed by atoms with van der Waals surface area (Å²) in [5.41, 5.74) is 11.1. The Morgan fingerprint density at radius 3 is 2.37 bits per heavy atom. The number of hydrogen-bond acceptors (Lipinski definition) is 3. The lowest BCUT2D eigenvalue weighted by molar-refractivity contribution is 0.620. The fourth-order valence-electron chi connectivity index (χ4n) is 4.10. The van der Waals surface area contributed by atoms with Crippen molar-refractivity contribution in [2.75, 3.05) is 0 Å². The van der Waals surface area contributed by atoms with E-state index in [1.165, 1.54) is 16.7 Å². The van der Waals surface area contributed by atoms with Crippen LogP contribution in [0.15, 0.2) is 86.8 Å². The van der Waals surface area contributed by atoms with E-state index < -0.39 is 0 Å². The summed E-state index contributed by atoms with van der Waals surface area (Å²) in [6.45, 7) is 2.08. The van der Waals surface area contributed by atoms with Crippen LogP contribution in [-0.2, 0) is 0 Å². The molecule has 3 nitrogen and oxygen atoms in total. The lowest BCUT2D eigenvalue weighted by Crippen LogP contribution is -2.10. The number of nitrogens with one attached hydrogen (secondary N) is 1. The molecule has 1 aliphatic rings. The summed E-state index contributed by atoms with van der Waals surface area (Å²) in [5, 5.41) is 5.90. The molecular weight excluding hydrogens is 502 g/mol. The normalized spacial score (nSPS) is 15.8. The Labute approximate surface area is 192 Å². The van der Waals surface area contributed by atoms with Gasteiger partial charge in [-0.3, -0.25) is 4.98 Å². The molecule has 2 heterocycles. The zero-order chi connectivity index (χ0) is 20.7. The van der Waals surface area contributed by atoms with Crippen molar-refractivity contribution in [2.45, 2.75) is 19.4 Å². The number of halogens is 2. The van der Waals surface area contributed by atoms with Gasteiger partial charge in [-0.15, -0.1) is 0 Å². The molecule has 0 saturated heterocycles. The number of hydrogen-bond donors (Lipinski definition) is 1. The fourth-order valence-corrected chi connectivity index (χ4v) is 4.73. The van der Waals surface area contributed by atoms with Gasteiger partial charge in [0.05, 0.1) is 17.3 Å². The van der Waals surface area contributed by atoms with Crippen LogP contribution in [-0.4, -0.2) is 10.7 Å². The van der Waals surface area contributed by atoms with Crippen LogP contribution < -0.4 is 5.43 Å². The average molecular weight is 521 g/mol. The van der Waals surface area contributed by atoms with Gasteiger partial charge in [-0.2, -0.15) is 5.10 Å². The maximum atomic E-state index is 4.92. The number of pyridine rings is 1. The second kappa shape index (κ2) is 7.97. The van der Waals surface area contributed by atoms with Crippen molar-refractivity contribution in [3.05, 3.63) is 98.6 Å². The van der Waals surface area contributed by atoms with E-state index in [0.29, 0.717) is 0 Å². The quantitative estimate of drug-likeness (QED) is 0.310. The third-order valence-electron chi connectivity index (χ3n) is 5.50. The van der Waals surface area contributed by atoms with E-state index >= 15 is 0 Å². The molecule has 1 N–H and O–H groups in total. The number of nitrogens with zero attached hydrogens (tertiary/aromatic N) is 2. The topological polar surface area (TPSA) is 37.3 Å². The molecule has 4 aromatic rings. The molecule has 1 aliphatic heterocycles. The number of aromatic nitrogens is 1. The van der Waals surface area contributed by atoms with E-state index in [-0.39, 0.29) is 6.04 Å². The standard InChI is InChI=1S/C25H19Br2N3/c1-15-24(23-14-22(29-30-23)16-7-9-18(26)10-8-16)25(17-5-3-2-4-6-17)20-13-19(27)11-12-21(20)28-15/h2-13,22,29H,14H2,1H3/t22-/m0/s1. The summed E-state index contributed by atoms with van der Waals surface area (Å²) in [6.07, 6.45) is 0.823. The summed E-state index contributed by atoms with van der Waals surface area (Å²) in [6, 6.07) is 25.4. The Balaban J connectivity index is 1.66. The molecule has 0 spiro atoms. The maximum Gasteiger partial charge on any atom is 0.0745 e. The van der Waals surface area contributed by atoms with Crippen LogP contribution in [0, 0.1) is 6.92 Å². The number of rotatable bonds is 3. The molecule has 1 aromatic heterocycles. The van der Waals surface area contributed by atoms with Crippen molar-refractivity contribution < 1.29 is 0 Å².